The maximum Gasteiger partial charge on any atom is 0.238 e. The van der Waals surface area contributed by atoms with Crippen LogP contribution in [0, 0.1) is 13.8 Å². The number of hydrogen-bond acceptors (Lipinski definition) is 5. The number of ether oxygens (including phenoxy) is 1. The molecule has 1 atom stereocenters. The molecule has 134 valence electrons. The zero-order chi connectivity index (χ0) is 17.6. The number of H-pyrrole nitrogens is 1. The summed E-state index contributed by atoms with van der Waals surface area (Å²) in [5, 5.41) is 9.97. The second-order valence-electron chi connectivity index (χ2n) is 6.52. The maximum absolute atomic E-state index is 12.5. The third kappa shape index (κ3) is 4.87. The first-order valence-corrected chi connectivity index (χ1v) is 8.66. The quantitative estimate of drug-likeness (QED) is 0.804. The molecule has 7 heteroatoms. The third-order valence-electron chi connectivity index (χ3n) is 4.37. The monoisotopic (exact) mass is 343 g/mol. The summed E-state index contributed by atoms with van der Waals surface area (Å²) in [6.45, 7) is 6.30. The molecule has 2 aromatic heterocycles. The van der Waals surface area contributed by atoms with Crippen LogP contribution in [0.2, 0.25) is 0 Å². The molecule has 2 aromatic rings. The van der Waals surface area contributed by atoms with Crippen molar-refractivity contribution in [2.75, 3.05) is 25.0 Å². The van der Waals surface area contributed by atoms with E-state index in [0.29, 0.717) is 13.1 Å². The highest BCUT2D eigenvalue weighted by atomic mass is 16.5. The van der Waals surface area contributed by atoms with Crippen LogP contribution in [0.5, 0.6) is 0 Å². The Kier molecular flexibility index (Phi) is 5.78. The van der Waals surface area contributed by atoms with Crippen LogP contribution in [0.15, 0.2) is 24.5 Å². The number of amides is 1. The molecular formula is C18H25N5O2. The zero-order valence-electron chi connectivity index (χ0n) is 14.8. The van der Waals surface area contributed by atoms with Crippen molar-refractivity contribution in [3.63, 3.8) is 0 Å². The van der Waals surface area contributed by atoms with Crippen molar-refractivity contribution in [2.45, 2.75) is 39.3 Å². The van der Waals surface area contributed by atoms with E-state index in [1.54, 1.807) is 6.20 Å². The Morgan fingerprint density at radius 1 is 1.48 bits per heavy atom. The lowest BCUT2D eigenvalue weighted by Gasteiger charge is -2.24. The summed E-state index contributed by atoms with van der Waals surface area (Å²) in [4.78, 5) is 18.8. The molecule has 1 aliphatic heterocycles. The van der Waals surface area contributed by atoms with E-state index in [9.17, 15) is 4.79 Å². The van der Waals surface area contributed by atoms with Crippen LogP contribution in [-0.4, -0.2) is 51.8 Å². The van der Waals surface area contributed by atoms with Crippen LogP contribution in [0.25, 0.3) is 0 Å². The van der Waals surface area contributed by atoms with E-state index in [2.05, 4.69) is 25.4 Å². The fourth-order valence-electron chi connectivity index (χ4n) is 3.13. The first-order valence-electron chi connectivity index (χ1n) is 8.66. The van der Waals surface area contributed by atoms with Crippen LogP contribution >= 0.6 is 0 Å². The summed E-state index contributed by atoms with van der Waals surface area (Å²) >= 11 is 0. The molecule has 0 saturated carbocycles. The van der Waals surface area contributed by atoms with E-state index in [-0.39, 0.29) is 12.0 Å². The second-order valence-corrected chi connectivity index (χ2v) is 6.52. The van der Waals surface area contributed by atoms with Crippen molar-refractivity contribution in [2.24, 2.45) is 0 Å². The van der Waals surface area contributed by atoms with Crippen molar-refractivity contribution in [1.29, 1.82) is 0 Å². The van der Waals surface area contributed by atoms with Gasteiger partial charge in [-0.2, -0.15) is 5.10 Å². The van der Waals surface area contributed by atoms with E-state index in [1.807, 2.05) is 32.2 Å². The van der Waals surface area contributed by atoms with Crippen LogP contribution < -0.4 is 5.32 Å². The van der Waals surface area contributed by atoms with Crippen molar-refractivity contribution < 1.29 is 9.53 Å². The molecule has 1 amide bonds. The van der Waals surface area contributed by atoms with Crippen molar-refractivity contribution >= 4 is 11.6 Å². The minimum Gasteiger partial charge on any atom is -0.377 e. The summed E-state index contributed by atoms with van der Waals surface area (Å²) in [7, 11) is 0. The number of pyridine rings is 1. The fraction of sp³-hybridized carbons (Fsp3) is 0.500. The van der Waals surface area contributed by atoms with Crippen LogP contribution in [0.4, 0.5) is 5.69 Å². The van der Waals surface area contributed by atoms with Gasteiger partial charge in [-0.3, -0.25) is 19.8 Å². The van der Waals surface area contributed by atoms with E-state index in [0.717, 1.165) is 48.6 Å². The molecule has 3 heterocycles. The van der Waals surface area contributed by atoms with Gasteiger partial charge in [0.1, 0.15) is 0 Å². The fourth-order valence-corrected chi connectivity index (χ4v) is 3.13. The average Bonchev–Trinajstić information content (AvgIpc) is 3.21. The van der Waals surface area contributed by atoms with Gasteiger partial charge in [0.15, 0.2) is 0 Å². The molecule has 1 aliphatic rings. The number of carbonyl (C=O) groups excluding carboxylic acids is 1. The lowest BCUT2D eigenvalue weighted by atomic mass is 10.2. The molecule has 1 saturated heterocycles. The van der Waals surface area contributed by atoms with Gasteiger partial charge in [0.25, 0.3) is 0 Å². The number of aromatic amines is 1. The lowest BCUT2D eigenvalue weighted by Crippen LogP contribution is -2.38. The summed E-state index contributed by atoms with van der Waals surface area (Å²) in [5.74, 6) is -0.0468. The van der Waals surface area contributed by atoms with Gasteiger partial charge in [-0.25, -0.2) is 0 Å². The summed E-state index contributed by atoms with van der Waals surface area (Å²) < 4.78 is 5.74. The van der Waals surface area contributed by atoms with Crippen molar-refractivity contribution in [3.8, 4) is 0 Å². The molecule has 2 N–H and O–H groups in total. The highest BCUT2D eigenvalue weighted by Gasteiger charge is 2.21. The average molecular weight is 343 g/mol. The molecule has 25 heavy (non-hydrogen) atoms. The number of aromatic nitrogens is 3. The largest absolute Gasteiger partial charge is 0.377 e. The van der Waals surface area contributed by atoms with Crippen LogP contribution in [-0.2, 0) is 16.1 Å². The molecule has 3 rings (SSSR count). The Bertz CT molecular complexity index is 675. The van der Waals surface area contributed by atoms with Crippen LogP contribution in [0.1, 0.15) is 29.8 Å². The van der Waals surface area contributed by atoms with E-state index in [4.69, 9.17) is 4.74 Å². The molecule has 0 aliphatic carbocycles. The highest BCUT2D eigenvalue weighted by Crippen LogP contribution is 2.17. The Hall–Kier alpha value is -2.25. The molecule has 0 spiro atoms. The van der Waals surface area contributed by atoms with Gasteiger partial charge in [-0.05, 0) is 38.3 Å². The Labute approximate surface area is 147 Å². The molecule has 0 aromatic carbocycles. The van der Waals surface area contributed by atoms with Gasteiger partial charge in [0, 0.05) is 32.1 Å². The number of anilines is 1. The molecule has 1 unspecified atom stereocenters. The summed E-state index contributed by atoms with van der Waals surface area (Å²) in [5.41, 5.74) is 3.51. The Morgan fingerprint density at radius 3 is 3.00 bits per heavy atom. The highest BCUT2D eigenvalue weighted by molar-refractivity contribution is 5.93. The summed E-state index contributed by atoms with van der Waals surface area (Å²) in [6, 6.07) is 3.94. The first kappa shape index (κ1) is 17.6. The molecular weight excluding hydrogens is 318 g/mol. The normalized spacial score (nSPS) is 17.2. The second kappa shape index (κ2) is 8.22. The smallest absolute Gasteiger partial charge is 0.238 e. The maximum atomic E-state index is 12.5. The number of carbonyl (C=O) groups is 1. The minimum atomic E-state index is -0.0468. The molecule has 1 fully saturated rings. The number of nitrogens with zero attached hydrogens (tertiary/aromatic N) is 3. The topological polar surface area (TPSA) is 83.1 Å². The number of aryl methyl sites for hydroxylation is 2. The van der Waals surface area contributed by atoms with E-state index >= 15 is 0 Å². The Balaban J connectivity index is 1.64. The molecule has 0 radical (unpaired) electrons. The van der Waals surface area contributed by atoms with Crippen molar-refractivity contribution in [1.82, 2.24) is 20.1 Å². The first-order chi connectivity index (χ1) is 12.1. The standard InChI is InChI=1S/C18H25N5O2/c1-13-18(14(2)22-21-13)20-17(24)12-23(11-16-6-4-8-25-16)10-15-5-3-7-19-9-15/h3,5,7,9,16H,4,6,8,10-12H2,1-2H3,(H,20,24)(H,21,22). The van der Waals surface area contributed by atoms with E-state index < -0.39 is 0 Å². The predicted molar refractivity (Wildman–Crippen MR) is 95.2 cm³/mol. The third-order valence-corrected chi connectivity index (χ3v) is 4.37. The SMILES string of the molecule is Cc1n[nH]c(C)c1NC(=O)CN(Cc1cccnc1)CC1CCCO1. The Morgan fingerprint density at radius 2 is 2.36 bits per heavy atom. The molecule has 0 bridgehead atoms. The van der Waals surface area contributed by atoms with Gasteiger partial charge in [-0.1, -0.05) is 6.07 Å². The van der Waals surface area contributed by atoms with Gasteiger partial charge in [0.2, 0.25) is 5.91 Å². The lowest BCUT2D eigenvalue weighted by molar-refractivity contribution is -0.117. The zero-order valence-corrected chi connectivity index (χ0v) is 14.8. The van der Waals surface area contributed by atoms with Crippen molar-refractivity contribution in [3.05, 3.63) is 41.5 Å². The minimum absolute atomic E-state index is 0.0468. The van der Waals surface area contributed by atoms with Gasteiger partial charge < -0.3 is 10.1 Å². The van der Waals surface area contributed by atoms with Gasteiger partial charge in [-0.15, -0.1) is 0 Å². The van der Waals surface area contributed by atoms with E-state index in [1.165, 1.54) is 0 Å². The van der Waals surface area contributed by atoms with Gasteiger partial charge in [0.05, 0.1) is 29.7 Å². The molecule has 7 nitrogen and oxygen atoms in total. The number of hydrogen-bond donors (Lipinski definition) is 2. The number of rotatable bonds is 7. The van der Waals surface area contributed by atoms with Gasteiger partial charge >= 0.3 is 0 Å². The number of nitrogens with one attached hydrogen (secondary N) is 2. The summed E-state index contributed by atoms with van der Waals surface area (Å²) in [6.07, 6.45) is 5.92. The van der Waals surface area contributed by atoms with Crippen LogP contribution in [0.3, 0.4) is 0 Å². The predicted octanol–water partition coefficient (Wildman–Crippen LogP) is 2.04.